The number of carbonyl (C=O) groups is 2. The lowest BCUT2D eigenvalue weighted by atomic mass is 9.94. The minimum Gasteiger partial charge on any atom is -0.492 e. The number of hydrogen-bond acceptors (Lipinski definition) is 8. The summed E-state index contributed by atoms with van der Waals surface area (Å²) in [6.07, 6.45) is 16.9. The summed E-state index contributed by atoms with van der Waals surface area (Å²) >= 11 is 0. The highest BCUT2D eigenvalue weighted by Crippen LogP contribution is 2.45. The Labute approximate surface area is 267 Å². The van der Waals surface area contributed by atoms with Crippen molar-refractivity contribution in [1.29, 1.82) is 0 Å². The fourth-order valence-electron chi connectivity index (χ4n) is 6.57. The van der Waals surface area contributed by atoms with Crippen molar-refractivity contribution in [3.63, 3.8) is 0 Å². The van der Waals surface area contributed by atoms with E-state index in [1.807, 2.05) is 9.47 Å². The van der Waals surface area contributed by atoms with Crippen LogP contribution in [-0.4, -0.2) is 55.9 Å². The van der Waals surface area contributed by atoms with Crippen LogP contribution in [0.15, 0.2) is 41.3 Å². The molecule has 0 bridgehead atoms. The van der Waals surface area contributed by atoms with Gasteiger partial charge in [0.2, 0.25) is 5.43 Å². The highest BCUT2D eigenvalue weighted by atomic mass is 19.1. The third-order valence-corrected chi connectivity index (χ3v) is 9.04. The summed E-state index contributed by atoms with van der Waals surface area (Å²) in [6, 6.07) is 7.32. The fourth-order valence-corrected chi connectivity index (χ4v) is 6.57. The number of carbonyl (C=O) groups excluding carboxylic acids is 2. The number of halogens is 1. The second-order valence-corrected chi connectivity index (χ2v) is 12.2. The lowest BCUT2D eigenvalue weighted by Crippen LogP contribution is -2.40. The first kappa shape index (κ1) is 31.2. The van der Waals surface area contributed by atoms with Gasteiger partial charge in [0, 0.05) is 50.1 Å². The first-order valence-electron chi connectivity index (χ1n) is 15.6. The van der Waals surface area contributed by atoms with Crippen LogP contribution >= 0.6 is 0 Å². The van der Waals surface area contributed by atoms with E-state index in [1.54, 1.807) is 0 Å². The number of nitrogens with zero attached hydrogens (tertiary/aromatic N) is 2. The van der Waals surface area contributed by atoms with Crippen LogP contribution in [0.5, 0.6) is 11.5 Å². The number of aromatic nitrogens is 1. The minimum atomic E-state index is -0.888. The molecule has 1 N–H and O–H groups in total. The molecule has 9 nitrogen and oxygen atoms in total. The van der Waals surface area contributed by atoms with Crippen molar-refractivity contribution in [2.45, 2.75) is 50.6 Å². The molecule has 0 amide bonds. The molecule has 2 aliphatic heterocycles. The minimum absolute atomic E-state index is 0.0378. The zero-order chi connectivity index (χ0) is 32.4. The summed E-state index contributed by atoms with van der Waals surface area (Å²) in [5.41, 5.74) is 0.192. The van der Waals surface area contributed by atoms with Gasteiger partial charge in [0.25, 0.3) is 0 Å². The average Bonchev–Trinajstić information content (AvgIpc) is 3.81. The summed E-state index contributed by atoms with van der Waals surface area (Å²) in [5, 5.41) is 3.60. The molecule has 2 unspecified atom stereocenters. The number of terminal acetylenes is 2. The monoisotopic (exact) mass is 625 g/mol. The quantitative estimate of drug-likeness (QED) is 0.197. The zero-order valence-corrected chi connectivity index (χ0v) is 25.7. The van der Waals surface area contributed by atoms with E-state index in [0.29, 0.717) is 48.8 Å². The number of methoxy groups -OCH3 is 1. The van der Waals surface area contributed by atoms with E-state index in [2.05, 4.69) is 17.2 Å². The van der Waals surface area contributed by atoms with Gasteiger partial charge in [-0.2, -0.15) is 0 Å². The van der Waals surface area contributed by atoms with Gasteiger partial charge in [-0.05, 0) is 68.5 Å². The summed E-state index contributed by atoms with van der Waals surface area (Å²) in [5.74, 6) is 3.72. The highest BCUT2D eigenvalue weighted by molar-refractivity contribution is 5.98. The molecule has 0 radical (unpaired) electrons. The molecule has 3 heterocycles. The maximum absolute atomic E-state index is 15.9. The topological polar surface area (TPSA) is 99.1 Å². The molecule has 1 aliphatic carbocycles. The Balaban J connectivity index is 1.25. The molecule has 2 atom stereocenters. The van der Waals surface area contributed by atoms with Gasteiger partial charge in [-0.1, -0.05) is 0 Å². The van der Waals surface area contributed by atoms with Crippen LogP contribution in [0.4, 0.5) is 10.1 Å². The second kappa shape index (κ2) is 13.3. The van der Waals surface area contributed by atoms with Gasteiger partial charge in [0.1, 0.15) is 17.0 Å². The van der Waals surface area contributed by atoms with Gasteiger partial charge in [-0.25, -0.2) is 14.0 Å². The molecule has 1 saturated carbocycles. The summed E-state index contributed by atoms with van der Waals surface area (Å²) in [7, 11) is 1.48. The first-order chi connectivity index (χ1) is 22.3. The van der Waals surface area contributed by atoms with Crippen molar-refractivity contribution >= 4 is 28.5 Å². The molecule has 238 valence electrons. The average molecular weight is 626 g/mol. The predicted octanol–water partition coefficient (Wildman–Crippen LogP) is 4.71. The SMILES string of the molecule is C#CCC(CC#C)COC(=O)c1ccc(OC(=O)c2cn(C3CC3)c3c(OC)c(N4CC5CCCNC5C4)c(F)cc3c2=O)cc1. The predicted molar refractivity (Wildman–Crippen MR) is 172 cm³/mol. The molecule has 1 aromatic heterocycles. The summed E-state index contributed by atoms with van der Waals surface area (Å²) in [6.45, 7) is 2.38. The molecular weight excluding hydrogens is 589 g/mol. The molecule has 3 aliphatic rings. The molecule has 10 heteroatoms. The number of rotatable bonds is 10. The molecule has 2 saturated heterocycles. The van der Waals surface area contributed by atoms with Crippen LogP contribution in [0, 0.1) is 42.3 Å². The van der Waals surface area contributed by atoms with Crippen LogP contribution in [0.2, 0.25) is 0 Å². The van der Waals surface area contributed by atoms with Crippen LogP contribution < -0.4 is 25.1 Å². The first-order valence-corrected chi connectivity index (χ1v) is 15.6. The van der Waals surface area contributed by atoms with Crippen molar-refractivity contribution in [2.24, 2.45) is 11.8 Å². The number of esters is 2. The van der Waals surface area contributed by atoms with Gasteiger partial charge in [0.05, 0.1) is 30.2 Å². The molecule has 3 aromatic rings. The van der Waals surface area contributed by atoms with Crippen LogP contribution in [0.3, 0.4) is 0 Å². The fraction of sp³-hybridized carbons (Fsp3) is 0.417. The van der Waals surface area contributed by atoms with E-state index in [9.17, 15) is 14.4 Å². The third-order valence-electron chi connectivity index (χ3n) is 9.04. The van der Waals surface area contributed by atoms with Crippen LogP contribution in [-0.2, 0) is 4.74 Å². The molecule has 3 fully saturated rings. The molecule has 46 heavy (non-hydrogen) atoms. The lowest BCUT2D eigenvalue weighted by molar-refractivity contribution is 0.0444. The van der Waals surface area contributed by atoms with Crippen molar-refractivity contribution in [3.8, 4) is 36.2 Å². The lowest BCUT2D eigenvalue weighted by Gasteiger charge is -2.25. The smallest absolute Gasteiger partial charge is 0.349 e. The van der Waals surface area contributed by atoms with Crippen molar-refractivity contribution in [2.75, 3.05) is 38.3 Å². The number of ether oxygens (including phenoxy) is 3. The zero-order valence-electron chi connectivity index (χ0n) is 25.7. The number of anilines is 1. The van der Waals surface area contributed by atoms with Gasteiger partial charge >= 0.3 is 11.9 Å². The van der Waals surface area contributed by atoms with Crippen molar-refractivity contribution < 1.29 is 28.2 Å². The van der Waals surface area contributed by atoms with E-state index in [-0.39, 0.29) is 46.9 Å². The van der Waals surface area contributed by atoms with E-state index < -0.39 is 23.2 Å². The van der Waals surface area contributed by atoms with Gasteiger partial charge < -0.3 is 29.0 Å². The highest BCUT2D eigenvalue weighted by Gasteiger charge is 2.38. The van der Waals surface area contributed by atoms with Crippen molar-refractivity contribution in [1.82, 2.24) is 9.88 Å². The van der Waals surface area contributed by atoms with E-state index in [0.717, 1.165) is 32.2 Å². The van der Waals surface area contributed by atoms with E-state index in [4.69, 9.17) is 27.1 Å². The van der Waals surface area contributed by atoms with Gasteiger partial charge in [-0.15, -0.1) is 24.7 Å². The van der Waals surface area contributed by atoms with Crippen LogP contribution in [0.1, 0.15) is 65.3 Å². The molecule has 0 spiro atoms. The van der Waals surface area contributed by atoms with E-state index >= 15 is 4.39 Å². The molecule has 6 rings (SSSR count). The Kier molecular flexibility index (Phi) is 9.01. The number of benzene rings is 2. The van der Waals surface area contributed by atoms with Gasteiger partial charge in [0.15, 0.2) is 11.6 Å². The summed E-state index contributed by atoms with van der Waals surface area (Å²) in [4.78, 5) is 41.6. The number of fused-ring (bicyclic) bond motifs is 2. The maximum Gasteiger partial charge on any atom is 0.349 e. The van der Waals surface area contributed by atoms with Crippen LogP contribution in [0.25, 0.3) is 10.9 Å². The normalized spacial score (nSPS) is 18.9. The molecular formula is C36H36FN3O6. The van der Waals surface area contributed by atoms with Crippen molar-refractivity contribution in [3.05, 3.63) is 63.7 Å². The Bertz CT molecular complexity index is 1770. The number of pyridine rings is 1. The van der Waals surface area contributed by atoms with Gasteiger partial charge in [-0.3, -0.25) is 4.79 Å². The number of nitrogens with one attached hydrogen (secondary N) is 1. The Morgan fingerprint density at radius 1 is 1.09 bits per heavy atom. The third kappa shape index (κ3) is 6.18. The Morgan fingerprint density at radius 2 is 1.83 bits per heavy atom. The second-order valence-electron chi connectivity index (χ2n) is 12.2. The number of piperidine rings is 1. The maximum atomic E-state index is 15.9. The summed E-state index contributed by atoms with van der Waals surface area (Å²) < 4.78 is 34.5. The standard InChI is InChI=1S/C36H36FN3O6/c1-4-7-22(8-5-2)21-45-35(42)23-10-14-26(15-11-23)46-36(43)28-19-40(25-12-13-25)31-27(33(28)41)17-29(37)32(34(31)44-3)39-18-24-9-6-16-38-30(24)20-39/h1-2,10-11,14-15,17,19,22,24-25,30,38H,6-9,12-13,16,18,20-21H2,3H3. The Morgan fingerprint density at radius 3 is 2.48 bits per heavy atom. The number of hydrogen-bond donors (Lipinski definition) is 1. The largest absolute Gasteiger partial charge is 0.492 e. The Hall–Kier alpha value is -4.80. The molecule has 2 aromatic carbocycles. The van der Waals surface area contributed by atoms with E-state index in [1.165, 1.54) is 43.6 Å².